The van der Waals surface area contributed by atoms with Crippen molar-refractivity contribution in [2.24, 2.45) is 0 Å². The molecule has 0 saturated heterocycles. The van der Waals surface area contributed by atoms with E-state index >= 15 is 0 Å². The zero-order valence-corrected chi connectivity index (χ0v) is 14.4. The van der Waals surface area contributed by atoms with Crippen molar-refractivity contribution in [2.75, 3.05) is 24.2 Å². The number of hydrogen-bond acceptors (Lipinski definition) is 5. The van der Waals surface area contributed by atoms with Crippen molar-refractivity contribution in [3.8, 4) is 0 Å². The van der Waals surface area contributed by atoms with Crippen LogP contribution in [0.1, 0.15) is 48.9 Å². The zero-order chi connectivity index (χ0) is 16.8. The maximum atomic E-state index is 4.82. The van der Waals surface area contributed by atoms with Crippen molar-refractivity contribution in [1.29, 1.82) is 0 Å². The molecule has 0 amide bonds. The molecule has 2 aromatic heterocycles. The third-order valence-corrected chi connectivity index (χ3v) is 5.51. The van der Waals surface area contributed by atoms with E-state index in [0.29, 0.717) is 12.0 Å². The van der Waals surface area contributed by atoms with Gasteiger partial charge in [-0.05, 0) is 24.5 Å². The number of benzene rings is 1. The van der Waals surface area contributed by atoms with E-state index < -0.39 is 0 Å². The van der Waals surface area contributed by atoms with Gasteiger partial charge in [0.15, 0.2) is 5.65 Å². The fourth-order valence-corrected chi connectivity index (χ4v) is 4.21. The van der Waals surface area contributed by atoms with Crippen LogP contribution in [0.5, 0.6) is 0 Å². The van der Waals surface area contributed by atoms with E-state index in [4.69, 9.17) is 10.1 Å². The Kier molecular flexibility index (Phi) is 3.36. The monoisotopic (exact) mass is 334 g/mol. The molecule has 2 N–H and O–H groups in total. The molecular formula is C19H22N6. The minimum atomic E-state index is 0.232. The first-order valence-corrected chi connectivity index (χ1v) is 9.11. The summed E-state index contributed by atoms with van der Waals surface area (Å²) in [5.74, 6) is 0.874. The van der Waals surface area contributed by atoms with Gasteiger partial charge in [0, 0.05) is 31.4 Å². The maximum Gasteiger partial charge on any atom is 0.224 e. The zero-order valence-electron chi connectivity index (χ0n) is 14.4. The van der Waals surface area contributed by atoms with Gasteiger partial charge >= 0.3 is 0 Å². The van der Waals surface area contributed by atoms with E-state index in [0.717, 1.165) is 23.3 Å². The van der Waals surface area contributed by atoms with Crippen LogP contribution in [-0.2, 0) is 0 Å². The average molecular weight is 334 g/mol. The maximum absolute atomic E-state index is 4.82. The van der Waals surface area contributed by atoms with Crippen LogP contribution in [0, 0.1) is 0 Å². The molecular weight excluding hydrogens is 312 g/mol. The standard InChI is InChI=1S/C19H22N6/c1-20-19-22-17(14-10-21-16-9-5-4-8-13(14)16)15-11-25(24-18(15)23-19)12-6-2-3-7-12/h4-5,8-9,11-12,14,21H,2-3,6-7,10H2,1H3,(H,20,23,24). The summed E-state index contributed by atoms with van der Waals surface area (Å²) in [6.07, 6.45) is 7.18. The number of rotatable bonds is 3. The molecule has 1 saturated carbocycles. The summed E-state index contributed by atoms with van der Waals surface area (Å²) in [5.41, 5.74) is 4.37. The molecule has 0 bridgehead atoms. The highest BCUT2D eigenvalue weighted by Crippen LogP contribution is 2.38. The average Bonchev–Trinajstić information content (AvgIpc) is 3.38. The number of aromatic nitrogens is 4. The van der Waals surface area contributed by atoms with Crippen LogP contribution in [0.2, 0.25) is 0 Å². The molecule has 3 aromatic rings. The Balaban J connectivity index is 1.66. The van der Waals surface area contributed by atoms with Crippen LogP contribution in [-0.4, -0.2) is 33.3 Å². The second-order valence-corrected chi connectivity index (χ2v) is 6.99. The molecule has 5 rings (SSSR count). The number of para-hydroxylation sites is 1. The topological polar surface area (TPSA) is 67.7 Å². The van der Waals surface area contributed by atoms with Gasteiger partial charge < -0.3 is 10.6 Å². The summed E-state index contributed by atoms with van der Waals surface area (Å²) in [4.78, 5) is 9.42. The van der Waals surface area contributed by atoms with Crippen molar-refractivity contribution in [3.05, 3.63) is 41.7 Å². The Morgan fingerprint density at radius 2 is 2.00 bits per heavy atom. The Bertz CT molecular complexity index is 925. The van der Waals surface area contributed by atoms with Crippen LogP contribution >= 0.6 is 0 Å². The normalized spacial score (nSPS) is 20.0. The molecule has 2 aliphatic rings. The van der Waals surface area contributed by atoms with Crippen molar-refractivity contribution < 1.29 is 0 Å². The number of nitrogens with one attached hydrogen (secondary N) is 2. The summed E-state index contributed by atoms with van der Waals surface area (Å²) in [6, 6.07) is 9.00. The van der Waals surface area contributed by atoms with Gasteiger partial charge in [0.1, 0.15) is 0 Å². The van der Waals surface area contributed by atoms with Gasteiger partial charge in [-0.25, -0.2) is 4.98 Å². The van der Waals surface area contributed by atoms with Gasteiger partial charge in [0.25, 0.3) is 0 Å². The molecule has 3 heterocycles. The number of fused-ring (bicyclic) bond motifs is 2. The number of anilines is 2. The van der Waals surface area contributed by atoms with Crippen molar-refractivity contribution in [3.63, 3.8) is 0 Å². The second kappa shape index (κ2) is 5.72. The van der Waals surface area contributed by atoms with Crippen LogP contribution in [0.15, 0.2) is 30.5 Å². The first-order chi connectivity index (χ1) is 12.3. The van der Waals surface area contributed by atoms with E-state index in [-0.39, 0.29) is 5.92 Å². The van der Waals surface area contributed by atoms with Crippen molar-refractivity contribution >= 4 is 22.7 Å². The van der Waals surface area contributed by atoms with Gasteiger partial charge in [-0.2, -0.15) is 10.1 Å². The SMILES string of the molecule is CNc1nc(C2CNc3ccccc32)c2cn(C3CCCC3)nc2n1. The second-order valence-electron chi connectivity index (χ2n) is 6.99. The van der Waals surface area contributed by atoms with Crippen LogP contribution in [0.4, 0.5) is 11.6 Å². The van der Waals surface area contributed by atoms with Crippen molar-refractivity contribution in [2.45, 2.75) is 37.6 Å². The first kappa shape index (κ1) is 14.7. The lowest BCUT2D eigenvalue weighted by atomic mass is 9.96. The lowest BCUT2D eigenvalue weighted by molar-refractivity contribution is 0.470. The highest BCUT2D eigenvalue weighted by molar-refractivity contribution is 5.80. The third kappa shape index (κ3) is 2.35. The summed E-state index contributed by atoms with van der Waals surface area (Å²) >= 11 is 0. The molecule has 1 fully saturated rings. The van der Waals surface area contributed by atoms with Crippen LogP contribution in [0.25, 0.3) is 11.0 Å². The summed E-state index contributed by atoms with van der Waals surface area (Å²) in [5, 5.41) is 12.5. The fraction of sp³-hybridized carbons (Fsp3) is 0.421. The van der Waals surface area contributed by atoms with E-state index in [2.05, 4.69) is 50.8 Å². The molecule has 25 heavy (non-hydrogen) atoms. The third-order valence-electron chi connectivity index (χ3n) is 5.51. The molecule has 1 aromatic carbocycles. The predicted molar refractivity (Wildman–Crippen MR) is 99.1 cm³/mol. The van der Waals surface area contributed by atoms with Crippen LogP contribution < -0.4 is 10.6 Å². The Labute approximate surface area is 146 Å². The molecule has 1 aliphatic carbocycles. The van der Waals surface area contributed by atoms with Gasteiger partial charge in [-0.15, -0.1) is 0 Å². The summed E-state index contributed by atoms with van der Waals surface area (Å²) < 4.78 is 2.13. The van der Waals surface area contributed by atoms with E-state index in [9.17, 15) is 0 Å². The molecule has 0 spiro atoms. The lowest BCUT2D eigenvalue weighted by Gasteiger charge is -2.12. The van der Waals surface area contributed by atoms with E-state index in [1.807, 2.05) is 7.05 Å². The Morgan fingerprint density at radius 3 is 2.84 bits per heavy atom. The van der Waals surface area contributed by atoms with Gasteiger partial charge in [0.05, 0.1) is 17.1 Å². The summed E-state index contributed by atoms with van der Waals surface area (Å²) in [7, 11) is 1.86. The number of nitrogens with zero attached hydrogens (tertiary/aromatic N) is 4. The molecule has 1 atom stereocenters. The smallest absolute Gasteiger partial charge is 0.224 e. The van der Waals surface area contributed by atoms with Gasteiger partial charge in [-0.3, -0.25) is 4.68 Å². The Hall–Kier alpha value is -2.63. The number of hydrogen-bond donors (Lipinski definition) is 2. The largest absolute Gasteiger partial charge is 0.384 e. The molecule has 1 unspecified atom stereocenters. The van der Waals surface area contributed by atoms with E-state index in [1.54, 1.807) is 0 Å². The highest BCUT2D eigenvalue weighted by atomic mass is 15.3. The van der Waals surface area contributed by atoms with Crippen LogP contribution in [0.3, 0.4) is 0 Å². The Morgan fingerprint density at radius 1 is 1.16 bits per heavy atom. The minimum absolute atomic E-state index is 0.232. The van der Waals surface area contributed by atoms with Crippen molar-refractivity contribution in [1.82, 2.24) is 19.7 Å². The molecule has 1 aliphatic heterocycles. The minimum Gasteiger partial charge on any atom is -0.384 e. The van der Waals surface area contributed by atoms with Gasteiger partial charge in [0.2, 0.25) is 5.95 Å². The molecule has 6 heteroatoms. The lowest BCUT2D eigenvalue weighted by Crippen LogP contribution is -2.09. The molecule has 128 valence electrons. The molecule has 6 nitrogen and oxygen atoms in total. The molecule has 0 radical (unpaired) electrons. The van der Waals surface area contributed by atoms with E-state index in [1.165, 1.54) is 36.9 Å². The first-order valence-electron chi connectivity index (χ1n) is 9.11. The fourth-order valence-electron chi connectivity index (χ4n) is 4.21. The highest BCUT2D eigenvalue weighted by Gasteiger charge is 2.28. The summed E-state index contributed by atoms with van der Waals surface area (Å²) in [6.45, 7) is 0.864. The predicted octanol–water partition coefficient (Wildman–Crippen LogP) is 3.54. The quantitative estimate of drug-likeness (QED) is 0.767. The van der Waals surface area contributed by atoms with Gasteiger partial charge in [-0.1, -0.05) is 31.0 Å².